The van der Waals surface area contributed by atoms with Crippen LogP contribution in [0.2, 0.25) is 0 Å². The molecule has 0 amide bonds. The lowest BCUT2D eigenvalue weighted by molar-refractivity contribution is 0.866. The van der Waals surface area contributed by atoms with Gasteiger partial charge in [0.2, 0.25) is 0 Å². The lowest BCUT2D eigenvalue weighted by Gasteiger charge is -2.27. The number of para-hydroxylation sites is 2. The smallest absolute Gasteiger partial charge is 0.0641 e. The molecule has 4 nitrogen and oxygen atoms in total. The molecule has 4 aromatic heterocycles. The Hall–Kier alpha value is -7.82. The Labute approximate surface area is 397 Å². The Morgan fingerprint density at radius 2 is 0.765 bits per heavy atom. The third kappa shape index (κ3) is 5.86. The average molecular weight is 879 g/mol. The van der Waals surface area contributed by atoms with Crippen molar-refractivity contribution in [1.82, 2.24) is 8.80 Å². The lowest BCUT2D eigenvalue weighted by Crippen LogP contribution is -2.11. The minimum Gasteiger partial charge on any atom is -0.310 e. The second-order valence-electron chi connectivity index (χ2n) is 19.5. The Morgan fingerprint density at radius 3 is 1.16 bits per heavy atom. The number of anilines is 6. The molecule has 0 aliphatic rings. The summed E-state index contributed by atoms with van der Waals surface area (Å²) in [5.41, 5.74) is 19.8. The van der Waals surface area contributed by atoms with Crippen LogP contribution in [-0.2, 0) is 12.8 Å². The standard InChI is InChI=1S/C64H54N4/c1-7-41-23-27-45(28-24-41)65(47-17-13-15-43(35-47)39(3)4)57-33-31-49-53-37-60-54(38-59(53)67-55-21-11-9-19-51(55)61(57)63(49)67)50-32-34-58(62-52-20-10-12-22-56(52)68(60)64(50)62)66(46-29-25-42(8-2)26-30-46)48-18-14-16-44(36-48)40(5)6/h9-40H,7-8H2,1-6H3. The number of hydrogen-bond donors (Lipinski definition) is 0. The zero-order chi connectivity index (χ0) is 45.9. The summed E-state index contributed by atoms with van der Waals surface area (Å²) in [6.07, 6.45) is 2.01. The maximum Gasteiger partial charge on any atom is 0.0641 e. The van der Waals surface area contributed by atoms with Crippen LogP contribution >= 0.6 is 0 Å². The monoisotopic (exact) mass is 878 g/mol. The minimum atomic E-state index is 0.413. The molecule has 68 heavy (non-hydrogen) atoms. The lowest BCUT2D eigenvalue weighted by atomic mass is 10.00. The average Bonchev–Trinajstić information content (AvgIpc) is 4.11. The van der Waals surface area contributed by atoms with E-state index in [9.17, 15) is 0 Å². The minimum absolute atomic E-state index is 0.413. The molecule has 0 bridgehead atoms. The van der Waals surface area contributed by atoms with E-state index < -0.39 is 0 Å². The van der Waals surface area contributed by atoms with Crippen molar-refractivity contribution in [3.05, 3.63) is 204 Å². The maximum absolute atomic E-state index is 2.56. The van der Waals surface area contributed by atoms with Gasteiger partial charge >= 0.3 is 0 Å². The van der Waals surface area contributed by atoms with Crippen molar-refractivity contribution in [1.29, 1.82) is 0 Å². The first-order valence-electron chi connectivity index (χ1n) is 24.6. The highest BCUT2D eigenvalue weighted by Crippen LogP contribution is 2.51. The zero-order valence-electron chi connectivity index (χ0n) is 39.7. The third-order valence-electron chi connectivity index (χ3n) is 15.0. The summed E-state index contributed by atoms with van der Waals surface area (Å²) in [4.78, 5) is 4.97. The van der Waals surface area contributed by atoms with Crippen molar-refractivity contribution in [3.63, 3.8) is 0 Å². The van der Waals surface area contributed by atoms with Gasteiger partial charge in [0.25, 0.3) is 0 Å². The van der Waals surface area contributed by atoms with Crippen molar-refractivity contribution < 1.29 is 0 Å². The van der Waals surface area contributed by atoms with E-state index in [0.717, 1.165) is 24.2 Å². The van der Waals surface area contributed by atoms with E-state index in [-0.39, 0.29) is 0 Å². The van der Waals surface area contributed by atoms with Gasteiger partial charge in [-0.05, 0) is 132 Å². The van der Waals surface area contributed by atoms with Crippen LogP contribution in [0.15, 0.2) is 182 Å². The van der Waals surface area contributed by atoms with Gasteiger partial charge in [0, 0.05) is 65.8 Å². The van der Waals surface area contributed by atoms with E-state index in [1.807, 2.05) is 0 Å². The Kier molecular flexibility index (Phi) is 9.14. The van der Waals surface area contributed by atoms with E-state index in [1.54, 1.807) is 0 Å². The summed E-state index contributed by atoms with van der Waals surface area (Å²) in [5.74, 6) is 0.826. The van der Waals surface area contributed by atoms with Crippen LogP contribution in [0.1, 0.15) is 75.6 Å². The van der Waals surface area contributed by atoms with Gasteiger partial charge in [0.15, 0.2) is 0 Å². The van der Waals surface area contributed by atoms with Gasteiger partial charge in [-0.3, -0.25) is 0 Å². The number of benzene rings is 9. The summed E-state index contributed by atoms with van der Waals surface area (Å²) in [7, 11) is 0. The molecule has 0 saturated carbocycles. The highest BCUT2D eigenvalue weighted by Gasteiger charge is 2.28. The number of nitrogens with zero attached hydrogens (tertiary/aromatic N) is 4. The number of fused-ring (bicyclic) bond motifs is 12. The molecule has 0 atom stereocenters. The van der Waals surface area contributed by atoms with Gasteiger partial charge in [-0.1, -0.05) is 139 Å². The van der Waals surface area contributed by atoms with Gasteiger partial charge in [0.1, 0.15) is 0 Å². The molecule has 0 spiro atoms. The van der Waals surface area contributed by atoms with Gasteiger partial charge in [-0.2, -0.15) is 0 Å². The summed E-state index contributed by atoms with van der Waals surface area (Å²) < 4.78 is 5.12. The van der Waals surface area contributed by atoms with Gasteiger partial charge in [0.05, 0.1) is 44.5 Å². The second-order valence-corrected chi connectivity index (χ2v) is 19.5. The second kappa shape index (κ2) is 15.4. The molecule has 0 radical (unpaired) electrons. The molecule has 0 aliphatic heterocycles. The Balaban J connectivity index is 1.09. The van der Waals surface area contributed by atoms with E-state index in [2.05, 4.69) is 242 Å². The molecule has 0 fully saturated rings. The normalized spacial score (nSPS) is 12.4. The number of aryl methyl sites for hydroxylation is 2. The molecule has 0 aliphatic carbocycles. The topological polar surface area (TPSA) is 15.3 Å². The van der Waals surface area contributed by atoms with E-state index in [1.165, 1.54) is 121 Å². The Morgan fingerprint density at radius 1 is 0.353 bits per heavy atom. The molecule has 13 aromatic rings. The van der Waals surface area contributed by atoms with Crippen LogP contribution in [0.3, 0.4) is 0 Å². The number of hydrogen-bond acceptors (Lipinski definition) is 2. The van der Waals surface area contributed by atoms with Crippen molar-refractivity contribution in [2.24, 2.45) is 0 Å². The van der Waals surface area contributed by atoms with Crippen molar-refractivity contribution >= 4 is 110 Å². The SMILES string of the molecule is CCc1ccc(N(c2cccc(C(C)C)c2)c2ccc3c4cc5c(cc4n4c6ccccc6c2c34)c2ccc(N(c3ccc(CC)cc3)c3cccc(C(C)C)c3)c3c4ccccc4n5c23)cc1. The summed E-state index contributed by atoms with van der Waals surface area (Å²) >= 11 is 0. The molecule has 0 N–H and O–H groups in total. The fourth-order valence-corrected chi connectivity index (χ4v) is 11.5. The van der Waals surface area contributed by atoms with Crippen LogP contribution in [0.25, 0.3) is 76.2 Å². The fraction of sp³-hybridized carbons (Fsp3) is 0.156. The van der Waals surface area contributed by atoms with Crippen LogP contribution < -0.4 is 9.80 Å². The van der Waals surface area contributed by atoms with E-state index in [0.29, 0.717) is 11.8 Å². The molecule has 4 heteroatoms. The molecular weight excluding hydrogens is 825 g/mol. The molecular formula is C64H54N4. The van der Waals surface area contributed by atoms with Crippen molar-refractivity contribution in [3.8, 4) is 0 Å². The van der Waals surface area contributed by atoms with Crippen LogP contribution in [0.5, 0.6) is 0 Å². The quantitative estimate of drug-likeness (QED) is 0.136. The van der Waals surface area contributed by atoms with E-state index in [4.69, 9.17) is 0 Å². The molecule has 330 valence electrons. The Bertz CT molecular complexity index is 3790. The first kappa shape index (κ1) is 40.5. The van der Waals surface area contributed by atoms with Crippen LogP contribution in [0, 0.1) is 0 Å². The highest BCUT2D eigenvalue weighted by atomic mass is 15.2. The molecule has 0 unspecified atom stereocenters. The largest absolute Gasteiger partial charge is 0.310 e. The zero-order valence-corrected chi connectivity index (χ0v) is 39.7. The van der Waals surface area contributed by atoms with Crippen LogP contribution in [0.4, 0.5) is 34.1 Å². The summed E-state index contributed by atoms with van der Waals surface area (Å²) in [6.45, 7) is 13.6. The summed E-state index contributed by atoms with van der Waals surface area (Å²) in [6, 6.07) is 69.2. The maximum atomic E-state index is 2.56. The van der Waals surface area contributed by atoms with Crippen molar-refractivity contribution in [2.45, 2.75) is 66.2 Å². The van der Waals surface area contributed by atoms with Gasteiger partial charge < -0.3 is 18.6 Å². The molecule has 9 aromatic carbocycles. The molecule has 13 rings (SSSR count). The predicted molar refractivity (Wildman–Crippen MR) is 292 cm³/mol. The van der Waals surface area contributed by atoms with Gasteiger partial charge in [-0.15, -0.1) is 0 Å². The number of rotatable bonds is 10. The highest BCUT2D eigenvalue weighted by molar-refractivity contribution is 6.32. The van der Waals surface area contributed by atoms with E-state index >= 15 is 0 Å². The first-order chi connectivity index (χ1) is 33.3. The van der Waals surface area contributed by atoms with Crippen LogP contribution in [-0.4, -0.2) is 8.80 Å². The van der Waals surface area contributed by atoms with Crippen molar-refractivity contribution in [2.75, 3.05) is 9.80 Å². The number of aromatic nitrogens is 2. The fourth-order valence-electron chi connectivity index (χ4n) is 11.5. The van der Waals surface area contributed by atoms with Gasteiger partial charge in [-0.25, -0.2) is 0 Å². The summed E-state index contributed by atoms with van der Waals surface area (Å²) in [5, 5.41) is 10.1. The first-order valence-corrected chi connectivity index (χ1v) is 24.6. The third-order valence-corrected chi connectivity index (χ3v) is 15.0. The molecule has 4 heterocycles. The predicted octanol–water partition coefficient (Wildman–Crippen LogP) is 18.3. The molecule has 0 saturated heterocycles.